The van der Waals surface area contributed by atoms with Gasteiger partial charge < -0.3 is 4.57 Å². The van der Waals surface area contributed by atoms with Crippen molar-refractivity contribution in [2.24, 2.45) is 0 Å². The van der Waals surface area contributed by atoms with E-state index in [2.05, 4.69) is 81.0 Å². The smallest absolute Gasteiger partial charge is 0.0485 e. The van der Waals surface area contributed by atoms with Gasteiger partial charge in [-0.1, -0.05) is 67.7 Å². The summed E-state index contributed by atoms with van der Waals surface area (Å²) in [5.41, 5.74) is 3.82. The Morgan fingerprint density at radius 3 is 2.55 bits per heavy atom. The van der Waals surface area contributed by atoms with E-state index in [1.807, 2.05) is 18.2 Å². The zero-order chi connectivity index (χ0) is 16.4. The van der Waals surface area contributed by atoms with Gasteiger partial charge in [0.2, 0.25) is 0 Å². The molecule has 0 radical (unpaired) electrons. The van der Waals surface area contributed by atoms with Crippen molar-refractivity contribution in [3.05, 3.63) is 85.1 Å². The number of allylic oxidation sites excluding steroid dienone is 6. The molecular weight excluding hydrogens is 266 g/mol. The van der Waals surface area contributed by atoms with Crippen LogP contribution >= 0.6 is 0 Å². The Morgan fingerprint density at radius 1 is 1.23 bits per heavy atom. The molecule has 0 aliphatic heterocycles. The summed E-state index contributed by atoms with van der Waals surface area (Å²) >= 11 is 0. The second-order valence-corrected chi connectivity index (χ2v) is 5.20. The second kappa shape index (κ2) is 9.62. The van der Waals surface area contributed by atoms with E-state index in [9.17, 15) is 0 Å². The zero-order valence-electron chi connectivity index (χ0n) is 14.0. The highest BCUT2D eigenvalue weighted by atomic mass is 15.0. The van der Waals surface area contributed by atoms with Gasteiger partial charge in [0.15, 0.2) is 0 Å². The first-order valence-corrected chi connectivity index (χ1v) is 7.75. The summed E-state index contributed by atoms with van der Waals surface area (Å²) in [6, 6.07) is 10.7. The molecule has 1 heterocycles. The summed E-state index contributed by atoms with van der Waals surface area (Å²) in [4.78, 5) is 0. The molecule has 116 valence electrons. The van der Waals surface area contributed by atoms with Crippen LogP contribution in [0.1, 0.15) is 26.0 Å². The number of para-hydroxylation sites is 1. The Hall–Kier alpha value is -2.28. The number of rotatable bonds is 5. The van der Waals surface area contributed by atoms with E-state index in [4.69, 9.17) is 0 Å². The molecule has 0 bridgehead atoms. The van der Waals surface area contributed by atoms with Crippen molar-refractivity contribution in [3.63, 3.8) is 0 Å². The number of benzene rings is 1. The summed E-state index contributed by atoms with van der Waals surface area (Å²) in [6.07, 6.45) is 11.1. The summed E-state index contributed by atoms with van der Waals surface area (Å²) < 4.78 is 2.33. The molecule has 0 unspecified atom stereocenters. The van der Waals surface area contributed by atoms with Gasteiger partial charge >= 0.3 is 0 Å². The van der Waals surface area contributed by atoms with Gasteiger partial charge in [0.05, 0.1) is 0 Å². The van der Waals surface area contributed by atoms with Crippen LogP contribution in [-0.4, -0.2) is 4.57 Å². The summed E-state index contributed by atoms with van der Waals surface area (Å²) in [7, 11) is 0. The fourth-order valence-electron chi connectivity index (χ4n) is 2.18. The van der Waals surface area contributed by atoms with E-state index in [0.29, 0.717) is 0 Å². The molecule has 22 heavy (non-hydrogen) atoms. The maximum atomic E-state index is 3.70. The van der Waals surface area contributed by atoms with Crippen molar-refractivity contribution in [2.45, 2.75) is 33.7 Å². The largest absolute Gasteiger partial charge is 0.341 e. The molecule has 2 rings (SSSR count). The number of fused-ring (bicyclic) bond motifs is 1. The van der Waals surface area contributed by atoms with Crippen molar-refractivity contribution in [1.29, 1.82) is 0 Å². The van der Waals surface area contributed by atoms with Crippen molar-refractivity contribution >= 4 is 10.9 Å². The van der Waals surface area contributed by atoms with Gasteiger partial charge in [-0.05, 0) is 37.8 Å². The quantitative estimate of drug-likeness (QED) is 0.455. The minimum Gasteiger partial charge on any atom is -0.341 e. The highest BCUT2D eigenvalue weighted by molar-refractivity contribution is 5.81. The third-order valence-electron chi connectivity index (χ3n) is 3.36. The Labute approximate surface area is 135 Å². The molecular formula is C21H27N. The molecule has 0 saturated heterocycles. The fraction of sp³-hybridized carbons (Fsp3) is 0.238. The number of nitrogens with zero attached hydrogens (tertiary/aromatic N) is 1. The lowest BCUT2D eigenvalue weighted by Gasteiger charge is -2.04. The van der Waals surface area contributed by atoms with Gasteiger partial charge in [0.1, 0.15) is 0 Å². The molecule has 0 amide bonds. The average molecular weight is 293 g/mol. The van der Waals surface area contributed by atoms with Gasteiger partial charge in [-0.15, -0.1) is 6.58 Å². The van der Waals surface area contributed by atoms with Crippen molar-refractivity contribution < 1.29 is 0 Å². The van der Waals surface area contributed by atoms with E-state index in [0.717, 1.165) is 13.0 Å². The average Bonchev–Trinajstić information content (AvgIpc) is 2.84. The first kappa shape index (κ1) is 17.8. The maximum absolute atomic E-state index is 3.70. The van der Waals surface area contributed by atoms with Crippen LogP contribution < -0.4 is 0 Å². The van der Waals surface area contributed by atoms with Crippen LogP contribution in [0.15, 0.2) is 79.4 Å². The standard InChI is InChI=1S/C17H19N.C4H8/c1-4-8-14(2)9-7-12-18-15(3)13-16-10-5-6-11-17(16)18;1-3-4-2/h4-11,13H,1,12H2,2-3H3;3H,1,4H2,2H3/b9-7-,14-8-;. The third-order valence-corrected chi connectivity index (χ3v) is 3.36. The molecule has 0 N–H and O–H groups in total. The molecule has 2 aromatic rings. The molecule has 0 aliphatic carbocycles. The Kier molecular flexibility index (Phi) is 7.77. The predicted molar refractivity (Wildman–Crippen MR) is 100 cm³/mol. The van der Waals surface area contributed by atoms with Crippen LogP contribution in [-0.2, 0) is 6.54 Å². The van der Waals surface area contributed by atoms with Gasteiger partial charge in [0.25, 0.3) is 0 Å². The van der Waals surface area contributed by atoms with E-state index in [-0.39, 0.29) is 0 Å². The van der Waals surface area contributed by atoms with Crippen molar-refractivity contribution in [2.75, 3.05) is 0 Å². The third kappa shape index (κ3) is 5.25. The molecule has 1 aromatic carbocycles. The molecule has 0 aliphatic rings. The predicted octanol–water partition coefficient (Wildman–Crippen LogP) is 6.22. The summed E-state index contributed by atoms with van der Waals surface area (Å²) in [6.45, 7) is 14.4. The van der Waals surface area contributed by atoms with Crippen LogP contribution in [0.3, 0.4) is 0 Å². The molecule has 0 atom stereocenters. The van der Waals surface area contributed by atoms with Crippen LogP contribution in [0.4, 0.5) is 0 Å². The molecule has 0 spiro atoms. The highest BCUT2D eigenvalue weighted by Crippen LogP contribution is 2.19. The Morgan fingerprint density at radius 2 is 1.91 bits per heavy atom. The minimum atomic E-state index is 0.904. The minimum absolute atomic E-state index is 0.904. The Balaban J connectivity index is 0.000000541. The van der Waals surface area contributed by atoms with Crippen LogP contribution in [0, 0.1) is 6.92 Å². The summed E-state index contributed by atoms with van der Waals surface area (Å²) in [5.74, 6) is 0. The molecule has 0 fully saturated rings. The summed E-state index contributed by atoms with van der Waals surface area (Å²) in [5, 5.41) is 1.31. The van der Waals surface area contributed by atoms with E-state index in [1.165, 1.54) is 22.2 Å². The van der Waals surface area contributed by atoms with Gasteiger partial charge in [-0.25, -0.2) is 0 Å². The monoisotopic (exact) mass is 293 g/mol. The van der Waals surface area contributed by atoms with E-state index < -0.39 is 0 Å². The van der Waals surface area contributed by atoms with E-state index in [1.54, 1.807) is 0 Å². The SMILES string of the molecule is C=C/C=C(C)\C=C/Cn1c(C)cc2ccccc21.C=CCC. The number of aromatic nitrogens is 1. The van der Waals surface area contributed by atoms with Crippen LogP contribution in [0.2, 0.25) is 0 Å². The first-order chi connectivity index (χ1) is 10.6. The number of hydrogen-bond donors (Lipinski definition) is 0. The van der Waals surface area contributed by atoms with Crippen LogP contribution in [0.5, 0.6) is 0 Å². The first-order valence-electron chi connectivity index (χ1n) is 7.75. The number of hydrogen-bond acceptors (Lipinski definition) is 0. The molecule has 0 saturated carbocycles. The topological polar surface area (TPSA) is 4.93 Å². The van der Waals surface area contributed by atoms with E-state index >= 15 is 0 Å². The number of aryl methyl sites for hydroxylation is 1. The highest BCUT2D eigenvalue weighted by Gasteiger charge is 2.02. The van der Waals surface area contributed by atoms with Gasteiger partial charge in [0, 0.05) is 17.8 Å². The second-order valence-electron chi connectivity index (χ2n) is 5.20. The Bertz CT molecular complexity index is 668. The fourth-order valence-corrected chi connectivity index (χ4v) is 2.18. The van der Waals surface area contributed by atoms with Crippen molar-refractivity contribution in [1.82, 2.24) is 4.57 Å². The van der Waals surface area contributed by atoms with Gasteiger partial charge in [-0.3, -0.25) is 0 Å². The molecule has 1 aromatic heterocycles. The normalized spacial score (nSPS) is 11.3. The molecule has 1 nitrogen and oxygen atoms in total. The zero-order valence-corrected chi connectivity index (χ0v) is 14.0. The lowest BCUT2D eigenvalue weighted by Crippen LogP contribution is -1.96. The van der Waals surface area contributed by atoms with Crippen LogP contribution in [0.25, 0.3) is 10.9 Å². The lowest BCUT2D eigenvalue weighted by molar-refractivity contribution is 0.827. The lowest BCUT2D eigenvalue weighted by atomic mass is 10.2. The van der Waals surface area contributed by atoms with Crippen molar-refractivity contribution in [3.8, 4) is 0 Å². The molecule has 1 heteroatoms. The van der Waals surface area contributed by atoms with Gasteiger partial charge in [-0.2, -0.15) is 0 Å². The maximum Gasteiger partial charge on any atom is 0.0485 e.